The van der Waals surface area contributed by atoms with Crippen LogP contribution >= 0.6 is 34.8 Å². The van der Waals surface area contributed by atoms with Crippen LogP contribution in [-0.2, 0) is 4.79 Å². The van der Waals surface area contributed by atoms with E-state index in [4.69, 9.17) is 34.8 Å². The van der Waals surface area contributed by atoms with E-state index in [2.05, 4.69) is 17.6 Å². The fourth-order valence-corrected chi connectivity index (χ4v) is 2.36. The molecule has 0 spiro atoms. The lowest BCUT2D eigenvalue weighted by Crippen LogP contribution is -2.49. The average molecular weight is 384 g/mol. The van der Waals surface area contributed by atoms with Crippen molar-refractivity contribution in [2.45, 2.75) is 55.4 Å². The lowest BCUT2D eigenvalue weighted by Gasteiger charge is -2.27. The highest BCUT2D eigenvalue weighted by Crippen LogP contribution is 2.31. The first-order valence-electron chi connectivity index (χ1n) is 7.71. The van der Waals surface area contributed by atoms with Crippen LogP contribution in [0.2, 0.25) is 0 Å². The van der Waals surface area contributed by atoms with E-state index in [0.29, 0.717) is 12.1 Å². The first-order chi connectivity index (χ1) is 10.8. The second-order valence-corrected chi connectivity index (χ2v) is 7.73. The Labute approximate surface area is 151 Å². The number of hydrogen-bond donors (Lipinski definition) is 2. The number of hydrogen-bond acceptors (Lipinski definition) is 2. The molecule has 0 fully saturated rings. The quantitative estimate of drug-likeness (QED) is 0.340. The molecule has 0 aliphatic heterocycles. The molecular formula is C16H22Cl3FN2O. The highest BCUT2D eigenvalue weighted by molar-refractivity contribution is 6.68. The molecule has 0 saturated carbocycles. The highest BCUT2D eigenvalue weighted by atomic mass is 35.6. The summed E-state index contributed by atoms with van der Waals surface area (Å²) in [6.45, 7) is 2.14. The van der Waals surface area contributed by atoms with E-state index in [-0.39, 0.29) is 11.7 Å². The van der Waals surface area contributed by atoms with Gasteiger partial charge in [-0.2, -0.15) is 0 Å². The molecule has 0 unspecified atom stereocenters. The standard InChI is InChI=1S/C16H22Cl3FN2O/c1-2-3-4-5-6-7-14(23)22-15(16(17,18)19)21-13-10-8-12(20)9-11-13/h8-11,15,21H,2-7H2,1H3,(H,22,23)/t15-/m0/s1. The Hall–Kier alpha value is -0.710. The van der Waals surface area contributed by atoms with Gasteiger partial charge in [0.1, 0.15) is 12.0 Å². The van der Waals surface area contributed by atoms with Gasteiger partial charge < -0.3 is 10.6 Å². The van der Waals surface area contributed by atoms with Crippen LogP contribution in [0.4, 0.5) is 10.1 Å². The van der Waals surface area contributed by atoms with Gasteiger partial charge in [0.15, 0.2) is 0 Å². The monoisotopic (exact) mass is 382 g/mol. The summed E-state index contributed by atoms with van der Waals surface area (Å²) >= 11 is 17.7. The number of anilines is 1. The Morgan fingerprint density at radius 1 is 1.13 bits per heavy atom. The zero-order chi connectivity index (χ0) is 17.3. The topological polar surface area (TPSA) is 41.1 Å². The number of halogens is 4. The van der Waals surface area contributed by atoms with Crippen LogP contribution in [0, 0.1) is 5.82 Å². The predicted molar refractivity (Wildman–Crippen MR) is 95.6 cm³/mol. The number of nitrogens with one attached hydrogen (secondary N) is 2. The molecule has 130 valence electrons. The van der Waals surface area contributed by atoms with Crippen molar-refractivity contribution < 1.29 is 9.18 Å². The van der Waals surface area contributed by atoms with E-state index in [1.54, 1.807) is 0 Å². The third kappa shape index (κ3) is 8.63. The van der Waals surface area contributed by atoms with Crippen molar-refractivity contribution in [3.05, 3.63) is 30.1 Å². The zero-order valence-electron chi connectivity index (χ0n) is 13.0. The van der Waals surface area contributed by atoms with Crippen molar-refractivity contribution in [2.24, 2.45) is 0 Å². The Morgan fingerprint density at radius 3 is 2.30 bits per heavy atom. The molecule has 0 aromatic heterocycles. The van der Waals surface area contributed by atoms with Gasteiger partial charge in [0.05, 0.1) is 0 Å². The van der Waals surface area contributed by atoms with Gasteiger partial charge in [-0.1, -0.05) is 67.4 Å². The van der Waals surface area contributed by atoms with E-state index in [1.165, 1.54) is 30.7 Å². The molecule has 1 aromatic carbocycles. The smallest absolute Gasteiger partial charge is 0.228 e. The number of rotatable bonds is 9. The zero-order valence-corrected chi connectivity index (χ0v) is 15.3. The summed E-state index contributed by atoms with van der Waals surface area (Å²) in [5.74, 6) is -0.551. The Morgan fingerprint density at radius 2 is 1.74 bits per heavy atom. The van der Waals surface area contributed by atoms with Crippen LogP contribution in [0.15, 0.2) is 24.3 Å². The second kappa shape index (κ2) is 10.2. The number of unbranched alkanes of at least 4 members (excludes halogenated alkanes) is 4. The van der Waals surface area contributed by atoms with Crippen LogP contribution in [-0.4, -0.2) is 15.9 Å². The molecule has 0 aliphatic rings. The number of carbonyl (C=O) groups is 1. The van der Waals surface area contributed by atoms with Crippen molar-refractivity contribution in [1.29, 1.82) is 0 Å². The maximum atomic E-state index is 12.9. The molecule has 0 radical (unpaired) electrons. The van der Waals surface area contributed by atoms with Gasteiger partial charge >= 0.3 is 0 Å². The third-order valence-corrected chi connectivity index (χ3v) is 3.95. The molecule has 3 nitrogen and oxygen atoms in total. The summed E-state index contributed by atoms with van der Waals surface area (Å²) < 4.78 is 11.2. The SMILES string of the molecule is CCCCCCCC(=O)N[C@H](Nc1ccc(F)cc1)C(Cl)(Cl)Cl. The van der Waals surface area contributed by atoms with Crippen LogP contribution in [0.3, 0.4) is 0 Å². The van der Waals surface area contributed by atoms with Crippen molar-refractivity contribution in [2.75, 3.05) is 5.32 Å². The Bertz CT molecular complexity index is 477. The minimum atomic E-state index is -1.73. The molecule has 2 N–H and O–H groups in total. The van der Waals surface area contributed by atoms with E-state index < -0.39 is 9.96 Å². The largest absolute Gasteiger partial charge is 0.362 e. The maximum absolute atomic E-state index is 12.9. The number of carbonyl (C=O) groups excluding carboxylic acids is 1. The van der Waals surface area contributed by atoms with Gasteiger partial charge in [0.2, 0.25) is 9.70 Å². The molecule has 1 aromatic rings. The number of amides is 1. The van der Waals surface area contributed by atoms with Gasteiger partial charge in [-0.3, -0.25) is 4.79 Å². The number of benzene rings is 1. The van der Waals surface area contributed by atoms with Crippen molar-refractivity contribution in [3.63, 3.8) is 0 Å². The molecule has 1 atom stereocenters. The molecule has 23 heavy (non-hydrogen) atoms. The Kier molecular flexibility index (Phi) is 9.03. The molecule has 7 heteroatoms. The van der Waals surface area contributed by atoms with Gasteiger partial charge in [-0.25, -0.2) is 4.39 Å². The number of alkyl halides is 3. The van der Waals surface area contributed by atoms with E-state index >= 15 is 0 Å². The molecule has 0 aliphatic carbocycles. The highest BCUT2D eigenvalue weighted by Gasteiger charge is 2.33. The Balaban J connectivity index is 2.51. The molecule has 0 saturated heterocycles. The van der Waals surface area contributed by atoms with Crippen LogP contribution in [0.1, 0.15) is 45.4 Å². The first-order valence-corrected chi connectivity index (χ1v) is 8.84. The van der Waals surface area contributed by atoms with Gasteiger partial charge in [-0.05, 0) is 30.7 Å². The maximum Gasteiger partial charge on any atom is 0.228 e. The van der Waals surface area contributed by atoms with Crippen LogP contribution < -0.4 is 10.6 Å². The summed E-state index contributed by atoms with van der Waals surface area (Å²) in [6, 6.07) is 5.59. The summed E-state index contributed by atoms with van der Waals surface area (Å²) in [7, 11) is 0. The van der Waals surface area contributed by atoms with E-state index in [0.717, 1.165) is 25.7 Å². The lowest BCUT2D eigenvalue weighted by atomic mass is 10.1. The van der Waals surface area contributed by atoms with Crippen LogP contribution in [0.5, 0.6) is 0 Å². The molecule has 0 bridgehead atoms. The van der Waals surface area contributed by atoms with Gasteiger partial charge in [0.25, 0.3) is 0 Å². The summed E-state index contributed by atoms with van der Waals surface area (Å²) in [5.41, 5.74) is 0.547. The first kappa shape index (κ1) is 20.3. The normalized spacial score (nSPS) is 12.7. The minimum Gasteiger partial charge on any atom is -0.362 e. The lowest BCUT2D eigenvalue weighted by molar-refractivity contribution is -0.121. The molecule has 0 heterocycles. The van der Waals surface area contributed by atoms with Crippen molar-refractivity contribution in [1.82, 2.24) is 5.32 Å². The average Bonchev–Trinajstić information content (AvgIpc) is 2.47. The molecule has 1 rings (SSSR count). The van der Waals surface area contributed by atoms with Crippen molar-refractivity contribution >= 4 is 46.4 Å². The minimum absolute atomic E-state index is 0.188. The van der Waals surface area contributed by atoms with Gasteiger partial charge in [-0.15, -0.1) is 0 Å². The second-order valence-electron chi connectivity index (χ2n) is 5.36. The molecular weight excluding hydrogens is 362 g/mol. The summed E-state index contributed by atoms with van der Waals surface area (Å²) in [6.07, 6.45) is 4.73. The molecule has 1 amide bonds. The van der Waals surface area contributed by atoms with Crippen LogP contribution in [0.25, 0.3) is 0 Å². The van der Waals surface area contributed by atoms with Crippen molar-refractivity contribution in [3.8, 4) is 0 Å². The third-order valence-electron chi connectivity index (χ3n) is 3.30. The summed E-state index contributed by atoms with van der Waals surface area (Å²) in [4.78, 5) is 12.0. The summed E-state index contributed by atoms with van der Waals surface area (Å²) in [5, 5.41) is 5.56. The van der Waals surface area contributed by atoms with Gasteiger partial charge in [0, 0.05) is 12.1 Å². The predicted octanol–water partition coefficient (Wildman–Crippen LogP) is 5.41. The van der Waals surface area contributed by atoms with E-state index in [1.807, 2.05) is 0 Å². The fourth-order valence-electron chi connectivity index (χ4n) is 2.03. The van der Waals surface area contributed by atoms with E-state index in [9.17, 15) is 9.18 Å². The fraction of sp³-hybridized carbons (Fsp3) is 0.562.